The second-order valence-electron chi connectivity index (χ2n) is 5.84. The molecule has 1 aliphatic carbocycles. The highest BCUT2D eigenvalue weighted by atomic mass is 15.1. The third-order valence-electron chi connectivity index (χ3n) is 4.60. The van der Waals surface area contributed by atoms with Crippen LogP contribution in [0.1, 0.15) is 43.6 Å². The molecule has 2 aliphatic rings. The molecule has 1 saturated carbocycles. The van der Waals surface area contributed by atoms with Gasteiger partial charge in [0.05, 0.1) is 0 Å². The highest BCUT2D eigenvalue weighted by Gasteiger charge is 2.30. The molecule has 0 spiro atoms. The van der Waals surface area contributed by atoms with Crippen molar-refractivity contribution in [3.05, 3.63) is 47.7 Å². The molecule has 0 saturated heterocycles. The van der Waals surface area contributed by atoms with E-state index in [0.29, 0.717) is 0 Å². The molecular weight excluding hydrogens is 218 g/mol. The molecule has 2 atom stereocenters. The minimum Gasteiger partial charge on any atom is -0.380 e. The van der Waals surface area contributed by atoms with Crippen LogP contribution in [0.5, 0.6) is 0 Å². The summed E-state index contributed by atoms with van der Waals surface area (Å²) in [7, 11) is 2.23. The number of hydrogen-bond acceptors (Lipinski definition) is 1. The molecule has 1 aliphatic heterocycles. The minimum absolute atomic E-state index is 0.739. The van der Waals surface area contributed by atoms with Crippen molar-refractivity contribution in [3.8, 4) is 0 Å². The molecule has 3 rings (SSSR count). The summed E-state index contributed by atoms with van der Waals surface area (Å²) in [5, 5.41) is 0. The van der Waals surface area contributed by atoms with Gasteiger partial charge in [0.25, 0.3) is 0 Å². The molecule has 1 heterocycles. The van der Waals surface area contributed by atoms with Crippen molar-refractivity contribution in [2.45, 2.75) is 38.0 Å². The zero-order valence-electron chi connectivity index (χ0n) is 11.3. The Bertz CT molecular complexity index is 420. The number of fused-ring (bicyclic) bond motifs is 1. The summed E-state index contributed by atoms with van der Waals surface area (Å²) in [5.41, 5.74) is 3.25. The van der Waals surface area contributed by atoms with E-state index in [1.54, 1.807) is 11.1 Å². The van der Waals surface area contributed by atoms with E-state index in [9.17, 15) is 0 Å². The highest BCUT2D eigenvalue weighted by Crippen LogP contribution is 2.43. The van der Waals surface area contributed by atoms with E-state index in [1.165, 1.54) is 38.6 Å². The standard InChI is InChI=1S/C17H23N/c1-18-12-11-17(14-7-3-2-4-8-14)16-10-6-5-9-15(16)13-18/h2-4,7-8,13,16-17H,5-6,9-12H2,1H3/t16-,17+/m1/s1. The summed E-state index contributed by atoms with van der Waals surface area (Å²) >= 11 is 0. The Morgan fingerprint density at radius 1 is 1.00 bits per heavy atom. The van der Waals surface area contributed by atoms with E-state index < -0.39 is 0 Å². The van der Waals surface area contributed by atoms with Gasteiger partial charge in [-0.05, 0) is 49.3 Å². The minimum atomic E-state index is 0.739. The van der Waals surface area contributed by atoms with E-state index in [4.69, 9.17) is 0 Å². The second-order valence-corrected chi connectivity index (χ2v) is 5.84. The number of allylic oxidation sites excluding steroid dienone is 1. The van der Waals surface area contributed by atoms with Crippen LogP contribution in [0, 0.1) is 5.92 Å². The van der Waals surface area contributed by atoms with Gasteiger partial charge in [0.1, 0.15) is 0 Å². The Hall–Kier alpha value is -1.24. The molecule has 0 unspecified atom stereocenters. The van der Waals surface area contributed by atoms with E-state index >= 15 is 0 Å². The first-order chi connectivity index (χ1) is 8.84. The van der Waals surface area contributed by atoms with Gasteiger partial charge in [0.15, 0.2) is 0 Å². The van der Waals surface area contributed by atoms with Gasteiger partial charge in [0.2, 0.25) is 0 Å². The molecule has 0 radical (unpaired) electrons. The number of rotatable bonds is 1. The van der Waals surface area contributed by atoms with Crippen molar-refractivity contribution in [2.24, 2.45) is 5.92 Å². The summed E-state index contributed by atoms with van der Waals surface area (Å²) in [6.45, 7) is 1.19. The fourth-order valence-corrected chi connectivity index (χ4v) is 3.67. The van der Waals surface area contributed by atoms with Gasteiger partial charge in [-0.25, -0.2) is 0 Å². The Balaban J connectivity index is 1.92. The van der Waals surface area contributed by atoms with Gasteiger partial charge in [-0.15, -0.1) is 0 Å². The molecule has 1 fully saturated rings. The largest absolute Gasteiger partial charge is 0.380 e. The van der Waals surface area contributed by atoms with Gasteiger partial charge in [-0.3, -0.25) is 0 Å². The normalized spacial score (nSPS) is 28.3. The molecule has 1 nitrogen and oxygen atoms in total. The second kappa shape index (κ2) is 5.17. The van der Waals surface area contributed by atoms with E-state index in [1.807, 2.05) is 0 Å². The molecule has 0 N–H and O–H groups in total. The smallest absolute Gasteiger partial charge is 0.0175 e. The molecule has 0 bridgehead atoms. The number of hydrogen-bond donors (Lipinski definition) is 0. The summed E-state index contributed by atoms with van der Waals surface area (Å²) in [5.74, 6) is 1.54. The van der Waals surface area contributed by atoms with E-state index in [2.05, 4.69) is 48.5 Å². The quantitative estimate of drug-likeness (QED) is 0.713. The van der Waals surface area contributed by atoms with Crippen LogP contribution in [-0.4, -0.2) is 18.5 Å². The lowest BCUT2D eigenvalue weighted by molar-refractivity contribution is 0.368. The van der Waals surface area contributed by atoms with Crippen LogP contribution in [0.2, 0.25) is 0 Å². The predicted octanol–water partition coefficient (Wildman–Crippen LogP) is 4.18. The van der Waals surface area contributed by atoms with Gasteiger partial charge in [-0.2, -0.15) is 0 Å². The van der Waals surface area contributed by atoms with Gasteiger partial charge < -0.3 is 4.90 Å². The van der Waals surface area contributed by atoms with Crippen LogP contribution >= 0.6 is 0 Å². The van der Waals surface area contributed by atoms with Gasteiger partial charge in [0, 0.05) is 13.6 Å². The Labute approximate surface area is 111 Å². The number of benzene rings is 1. The molecular formula is C17H23N. The maximum atomic E-state index is 2.44. The average Bonchev–Trinajstić information content (AvgIpc) is 2.58. The molecule has 0 aromatic heterocycles. The monoisotopic (exact) mass is 241 g/mol. The third kappa shape index (κ3) is 2.31. The molecule has 0 amide bonds. The molecule has 1 aromatic rings. The first-order valence-corrected chi connectivity index (χ1v) is 7.30. The SMILES string of the molecule is CN1C=C2CCCC[C@H]2[C@H](c2ccccc2)CC1. The lowest BCUT2D eigenvalue weighted by Gasteiger charge is -2.31. The van der Waals surface area contributed by atoms with Crippen LogP contribution in [0.15, 0.2) is 42.1 Å². The first-order valence-electron chi connectivity index (χ1n) is 7.30. The van der Waals surface area contributed by atoms with Crippen molar-refractivity contribution in [2.75, 3.05) is 13.6 Å². The average molecular weight is 241 g/mol. The van der Waals surface area contributed by atoms with Crippen molar-refractivity contribution in [1.29, 1.82) is 0 Å². The van der Waals surface area contributed by atoms with Crippen molar-refractivity contribution in [1.82, 2.24) is 4.90 Å². The maximum Gasteiger partial charge on any atom is 0.0175 e. The third-order valence-corrected chi connectivity index (χ3v) is 4.60. The zero-order chi connectivity index (χ0) is 12.4. The summed E-state index contributed by atoms with van der Waals surface area (Å²) < 4.78 is 0. The fourth-order valence-electron chi connectivity index (χ4n) is 3.67. The van der Waals surface area contributed by atoms with Crippen molar-refractivity contribution in [3.63, 3.8) is 0 Å². The summed E-state index contributed by atoms with van der Waals surface area (Å²) in [4.78, 5) is 2.40. The van der Waals surface area contributed by atoms with Crippen LogP contribution in [0.25, 0.3) is 0 Å². The van der Waals surface area contributed by atoms with Crippen LogP contribution < -0.4 is 0 Å². The molecule has 96 valence electrons. The lowest BCUT2D eigenvalue weighted by Crippen LogP contribution is -2.18. The lowest BCUT2D eigenvalue weighted by atomic mass is 9.73. The fraction of sp³-hybridized carbons (Fsp3) is 0.529. The van der Waals surface area contributed by atoms with Crippen LogP contribution in [0.3, 0.4) is 0 Å². The van der Waals surface area contributed by atoms with E-state index in [0.717, 1.165) is 11.8 Å². The van der Waals surface area contributed by atoms with Crippen LogP contribution in [-0.2, 0) is 0 Å². The van der Waals surface area contributed by atoms with E-state index in [-0.39, 0.29) is 0 Å². The van der Waals surface area contributed by atoms with Gasteiger partial charge >= 0.3 is 0 Å². The van der Waals surface area contributed by atoms with Crippen molar-refractivity contribution >= 4 is 0 Å². The predicted molar refractivity (Wildman–Crippen MR) is 76.5 cm³/mol. The molecule has 1 aromatic carbocycles. The molecule has 18 heavy (non-hydrogen) atoms. The van der Waals surface area contributed by atoms with Crippen molar-refractivity contribution < 1.29 is 0 Å². The Morgan fingerprint density at radius 3 is 2.67 bits per heavy atom. The number of nitrogens with zero attached hydrogens (tertiary/aromatic N) is 1. The summed E-state index contributed by atoms with van der Waals surface area (Å²) in [6.07, 6.45) is 9.24. The van der Waals surface area contributed by atoms with Gasteiger partial charge in [-0.1, -0.05) is 42.3 Å². The van der Waals surface area contributed by atoms with Crippen LogP contribution in [0.4, 0.5) is 0 Å². The topological polar surface area (TPSA) is 3.24 Å². The molecule has 1 heteroatoms. The highest BCUT2D eigenvalue weighted by molar-refractivity contribution is 5.26. The zero-order valence-corrected chi connectivity index (χ0v) is 11.3. The summed E-state index contributed by atoms with van der Waals surface area (Å²) in [6, 6.07) is 11.2. The maximum absolute atomic E-state index is 2.44. The Kier molecular flexibility index (Phi) is 3.40. The Morgan fingerprint density at radius 2 is 1.83 bits per heavy atom. The first kappa shape index (κ1) is 11.8.